The van der Waals surface area contributed by atoms with E-state index in [1.807, 2.05) is 20.8 Å². The van der Waals surface area contributed by atoms with E-state index in [0.29, 0.717) is 51.6 Å². The van der Waals surface area contributed by atoms with Crippen LogP contribution in [0.3, 0.4) is 0 Å². The summed E-state index contributed by atoms with van der Waals surface area (Å²) in [5.74, 6) is -3.51. The number of urea groups is 1. The summed E-state index contributed by atoms with van der Waals surface area (Å²) in [7, 11) is -2.27. The van der Waals surface area contributed by atoms with Gasteiger partial charge in [-0.1, -0.05) is 144 Å². The summed E-state index contributed by atoms with van der Waals surface area (Å²) >= 11 is 1.13. The van der Waals surface area contributed by atoms with Gasteiger partial charge in [-0.25, -0.2) is 13.2 Å². The lowest BCUT2D eigenvalue weighted by atomic mass is 9.86. The Balaban J connectivity index is 0.000000262. The van der Waals surface area contributed by atoms with Gasteiger partial charge in [0.05, 0.1) is 18.1 Å². The molecule has 1 aromatic heterocycles. The quantitative estimate of drug-likeness (QED) is 0.0992. The van der Waals surface area contributed by atoms with Crippen molar-refractivity contribution < 1.29 is 61.5 Å². The van der Waals surface area contributed by atoms with Crippen LogP contribution < -0.4 is 37.6 Å². The second-order valence-corrected chi connectivity index (χ2v) is 31.5. The highest BCUT2D eigenvalue weighted by Crippen LogP contribution is 2.66. The lowest BCUT2D eigenvalue weighted by molar-refractivity contribution is -0.144. The molecule has 4 saturated carbocycles. The molecule has 88 heavy (non-hydrogen) atoms. The molecule has 4 aliphatic carbocycles. The Morgan fingerprint density at radius 3 is 1.50 bits per heavy atom. The van der Waals surface area contributed by atoms with E-state index in [1.54, 1.807) is 27.3 Å². The summed E-state index contributed by atoms with van der Waals surface area (Å²) < 4.78 is 27.9. The SMILES string of the molecule is CC1(C)[C@@H]2[C@H]3C(=O)N[C@H](C(=O)C(=O)NC4CC4)CCCCCCCCC[C@H](N)C(=O)N3C[C@@H]21.CN(C[C@@H](NC(=O)N[C@H]1CCCCCCCCC[C@@H](C(=O)C(=O)NC2CC2)NC(=O)[C@@H]2[C@@H]3[C@H](CN2C1=O)C3(C)C)C(C)(C)C)S(=O)(=O)c1cccs1.O=CO. The first-order chi connectivity index (χ1) is 41.6. The molecule has 23 nitrogen and oxygen atoms in total. The minimum atomic E-state index is -3.76. The fourth-order valence-corrected chi connectivity index (χ4v) is 16.1. The van der Waals surface area contributed by atoms with E-state index in [0.717, 1.165) is 114 Å². The number of likely N-dealkylation sites (N-methyl/N-ethyl adjacent to an activating group) is 1. The average Bonchev–Trinajstić information content (AvgIpc) is 2.10. The third-order valence-electron chi connectivity index (χ3n) is 19.9. The van der Waals surface area contributed by atoms with Crippen LogP contribution in [0.15, 0.2) is 21.7 Å². The summed E-state index contributed by atoms with van der Waals surface area (Å²) in [5.41, 5.74) is 5.52. The number of hydrogen-bond acceptors (Lipinski definition) is 14. The maximum Gasteiger partial charge on any atom is 0.315 e. The van der Waals surface area contributed by atoms with Gasteiger partial charge >= 0.3 is 6.03 Å². The van der Waals surface area contributed by atoms with E-state index in [4.69, 9.17) is 15.6 Å². The molecule has 8 aliphatic rings. The summed E-state index contributed by atoms with van der Waals surface area (Å²) in [6.45, 7) is 14.8. The molecular formula is C63H100N10O13S2. The van der Waals surface area contributed by atoms with Gasteiger partial charge in [-0.15, -0.1) is 11.3 Å². The van der Waals surface area contributed by atoms with Crippen molar-refractivity contribution in [1.82, 2.24) is 46.0 Å². The van der Waals surface area contributed by atoms with Crippen LogP contribution in [-0.4, -0.2) is 168 Å². The van der Waals surface area contributed by atoms with Crippen molar-refractivity contribution in [2.75, 3.05) is 26.7 Å². The number of carbonyl (C=O) groups excluding carboxylic acids is 9. The van der Waals surface area contributed by atoms with Crippen LogP contribution in [0.25, 0.3) is 0 Å². The molecule has 8 amide bonds. The Hall–Kier alpha value is -5.53. The predicted octanol–water partition coefficient (Wildman–Crippen LogP) is 5.15. The number of nitrogens with zero attached hydrogens (tertiary/aromatic N) is 3. The molecule has 11 atom stereocenters. The largest absolute Gasteiger partial charge is 0.483 e. The number of ketones is 2. The number of sulfonamides is 1. The first-order valence-electron chi connectivity index (χ1n) is 32.4. The Kier molecular flexibility index (Phi) is 23.9. The Labute approximate surface area is 524 Å². The molecule has 1 aromatic rings. The normalized spacial score (nSPS) is 29.8. The maximum atomic E-state index is 14.4. The van der Waals surface area contributed by atoms with Crippen molar-refractivity contribution in [3.8, 4) is 0 Å². The standard InChI is InChI=1S/C37H58N6O7S2.C25H40N4O4.CH2O2/c1-36(2,3)27(22-42(6)52(49,50)28-17-14-20-51-28)41-35(48)40-26-16-13-11-9-7-8-10-12-15-25(31(44)33(46)38-23-18-19-23)39-32(45)30-29-24(37(29,4)5)21-43(30)34(26)47;1-25(2)16-14-29-20(19(16)25)22(31)28-18(21(30)23(32)27-15-12-13-15)11-9-7-5-3-4-6-8-10-17(26)24(29)33;2-1-3/h14,17,20,23-27,29-30H,7-13,15-16,18-19,21-22H2,1-6H3,(H,38,46)(H,39,45)(H2,40,41,48);15-20H,3-14,26H2,1-2H3,(H,27,32)(H,28,31);1H,(H,2,3)/t24-,25-,26-,27+,29-,30-;16-,17-,18-,19-,20-;/m00./s1. The highest BCUT2D eigenvalue weighted by Gasteiger charge is 2.71. The van der Waals surface area contributed by atoms with Gasteiger partial charge in [0.25, 0.3) is 28.3 Å². The highest BCUT2D eigenvalue weighted by atomic mass is 32.2. The van der Waals surface area contributed by atoms with Crippen molar-refractivity contribution >= 4 is 80.9 Å². The van der Waals surface area contributed by atoms with E-state index in [2.05, 4.69) is 59.6 Å². The van der Waals surface area contributed by atoms with Crippen LogP contribution in [-0.2, 0) is 53.2 Å². The second-order valence-electron chi connectivity index (χ2n) is 28.2. The Morgan fingerprint density at radius 1 is 0.682 bits per heavy atom. The fourth-order valence-electron chi connectivity index (χ4n) is 13.7. The minimum Gasteiger partial charge on any atom is -0.483 e. The third-order valence-corrected chi connectivity index (χ3v) is 23.1. The number of carboxylic acid groups (broad SMARTS) is 1. The van der Waals surface area contributed by atoms with Crippen LogP contribution in [0, 0.1) is 39.9 Å². The average molecular weight is 1270 g/mol. The van der Waals surface area contributed by atoms with Gasteiger partial charge < -0.3 is 52.5 Å². The van der Waals surface area contributed by atoms with Gasteiger partial charge in [0, 0.05) is 44.8 Å². The molecule has 9 N–H and O–H groups in total. The zero-order chi connectivity index (χ0) is 64.5. The molecule has 0 radical (unpaired) electrons. The van der Waals surface area contributed by atoms with E-state index in [1.165, 1.54) is 11.4 Å². The molecule has 4 saturated heterocycles. The number of thiophene rings is 1. The van der Waals surface area contributed by atoms with Crippen molar-refractivity contribution in [1.29, 1.82) is 0 Å². The maximum absolute atomic E-state index is 14.4. The number of Topliss-reactive ketones (excluding diaryl/α,β-unsaturated/α-hetero) is 2. The molecule has 8 fully saturated rings. The number of amides is 8. The van der Waals surface area contributed by atoms with Gasteiger partial charge in [-0.3, -0.25) is 43.2 Å². The summed E-state index contributed by atoms with van der Waals surface area (Å²) in [5, 5.41) is 25.8. The highest BCUT2D eigenvalue weighted by molar-refractivity contribution is 7.91. The lowest BCUT2D eigenvalue weighted by Crippen LogP contribution is -2.60. The summed E-state index contributed by atoms with van der Waals surface area (Å²) in [6, 6.07) is -2.69. The fraction of sp³-hybridized carbons (Fsp3) is 0.778. The van der Waals surface area contributed by atoms with Crippen molar-refractivity contribution in [3.05, 3.63) is 17.5 Å². The monoisotopic (exact) mass is 1270 g/mol. The molecule has 0 spiro atoms. The van der Waals surface area contributed by atoms with Gasteiger partial charge in [-0.05, 0) is 103 Å². The predicted molar refractivity (Wildman–Crippen MR) is 331 cm³/mol. The van der Waals surface area contributed by atoms with E-state index < -0.39 is 93.1 Å². The van der Waals surface area contributed by atoms with E-state index in [9.17, 15) is 51.6 Å². The van der Waals surface area contributed by atoms with E-state index >= 15 is 0 Å². The number of nitrogens with one attached hydrogen (secondary N) is 6. The number of piperidine rings is 2. The van der Waals surface area contributed by atoms with Crippen molar-refractivity contribution in [2.45, 2.75) is 248 Å². The Morgan fingerprint density at radius 2 is 1.09 bits per heavy atom. The van der Waals surface area contributed by atoms with Crippen LogP contribution in [0.2, 0.25) is 0 Å². The van der Waals surface area contributed by atoms with Gasteiger partial charge in [0.2, 0.25) is 35.2 Å². The van der Waals surface area contributed by atoms with Gasteiger partial charge in [-0.2, -0.15) is 4.31 Å². The topological polar surface area (TPSA) is 333 Å². The van der Waals surface area contributed by atoms with Crippen molar-refractivity contribution in [2.24, 2.45) is 45.7 Å². The molecule has 5 heterocycles. The number of fused-ring (bicyclic) bond motifs is 6. The number of carbonyl (C=O) groups is 10. The first kappa shape index (κ1) is 69.9. The molecule has 4 aliphatic heterocycles. The molecule has 492 valence electrons. The molecule has 0 bridgehead atoms. The summed E-state index contributed by atoms with van der Waals surface area (Å²) in [4.78, 5) is 132. The lowest BCUT2D eigenvalue weighted by Gasteiger charge is -2.36. The van der Waals surface area contributed by atoms with Crippen LogP contribution in [0.5, 0.6) is 0 Å². The van der Waals surface area contributed by atoms with Crippen LogP contribution in [0.4, 0.5) is 4.79 Å². The van der Waals surface area contributed by atoms with Crippen LogP contribution in [0.1, 0.15) is 190 Å². The summed E-state index contributed by atoms with van der Waals surface area (Å²) in [6.07, 6.45) is 18.3. The first-order valence-corrected chi connectivity index (χ1v) is 34.7. The Bertz CT molecular complexity index is 2780. The number of hydrogen-bond donors (Lipinski definition) is 8. The van der Waals surface area contributed by atoms with Crippen LogP contribution >= 0.6 is 11.3 Å². The van der Waals surface area contributed by atoms with Crippen molar-refractivity contribution in [3.63, 3.8) is 0 Å². The minimum absolute atomic E-state index is 0.00907. The third kappa shape index (κ3) is 17.7. The number of rotatable bonds is 12. The number of nitrogens with two attached hydrogens (primary N) is 1. The molecule has 9 rings (SSSR count). The zero-order valence-electron chi connectivity index (χ0n) is 53.1. The smallest absolute Gasteiger partial charge is 0.315 e. The zero-order valence-corrected chi connectivity index (χ0v) is 54.7. The molecule has 0 aromatic carbocycles. The second kappa shape index (κ2) is 30.1. The molecular weight excluding hydrogens is 1170 g/mol. The molecule has 0 unspecified atom stereocenters. The van der Waals surface area contributed by atoms with Gasteiger partial charge in [0.1, 0.15) is 22.3 Å². The van der Waals surface area contributed by atoms with Gasteiger partial charge in [0.15, 0.2) is 0 Å². The van der Waals surface area contributed by atoms with E-state index in [-0.39, 0.29) is 81.5 Å². The molecule has 25 heteroatoms.